The first-order valence-corrected chi connectivity index (χ1v) is 5.92. The molecule has 4 heteroatoms. The molecule has 0 bridgehead atoms. The number of aliphatic carboxylic acids is 1. The van der Waals surface area contributed by atoms with Crippen LogP contribution >= 0.6 is 0 Å². The first-order chi connectivity index (χ1) is 7.20. The van der Waals surface area contributed by atoms with E-state index in [1.807, 2.05) is 0 Å². The molecule has 2 N–H and O–H groups in total. The van der Waals surface area contributed by atoms with Gasteiger partial charge in [-0.1, -0.05) is 19.8 Å². The molecule has 0 fully saturated rings. The topological polar surface area (TPSA) is 57.5 Å². The van der Waals surface area contributed by atoms with Crippen molar-refractivity contribution < 1.29 is 19.5 Å². The van der Waals surface area contributed by atoms with Crippen LogP contribution < -0.4 is 0 Å². The second-order valence-electron chi connectivity index (χ2n) is 5.09. The molecule has 0 saturated carbocycles. The van der Waals surface area contributed by atoms with Crippen LogP contribution in [0.3, 0.4) is 0 Å². The van der Waals surface area contributed by atoms with E-state index >= 15 is 0 Å². The van der Waals surface area contributed by atoms with Crippen molar-refractivity contribution in [3.63, 3.8) is 0 Å². The summed E-state index contributed by atoms with van der Waals surface area (Å²) in [6.45, 7) is 4.77. The third-order valence-electron chi connectivity index (χ3n) is 2.04. The molecular formula is C12H28NO3+. The maximum atomic E-state index is 9.45. The van der Waals surface area contributed by atoms with Gasteiger partial charge in [0, 0.05) is 0 Å². The molecule has 0 spiro atoms. The number of aliphatic hydroxyl groups excluding tert-OH is 1. The summed E-state index contributed by atoms with van der Waals surface area (Å²) in [6.07, 6.45) is 4.31. The summed E-state index contributed by atoms with van der Waals surface area (Å²) in [5.41, 5.74) is 0. The van der Waals surface area contributed by atoms with Gasteiger partial charge < -0.3 is 14.7 Å². The summed E-state index contributed by atoms with van der Waals surface area (Å²) >= 11 is 0. The van der Waals surface area contributed by atoms with Gasteiger partial charge in [-0.25, -0.2) is 4.79 Å². The highest BCUT2D eigenvalue weighted by Gasteiger charge is 2.04. The Bertz CT molecular complexity index is 174. The van der Waals surface area contributed by atoms with E-state index in [1.54, 1.807) is 0 Å². The average molecular weight is 234 g/mol. The molecule has 0 aliphatic rings. The third kappa shape index (κ3) is 19.0. The van der Waals surface area contributed by atoms with Crippen molar-refractivity contribution in [2.24, 2.45) is 0 Å². The normalized spacial score (nSPS) is 12.6. The summed E-state index contributed by atoms with van der Waals surface area (Å²) in [4.78, 5) is 9.45. The summed E-state index contributed by atoms with van der Waals surface area (Å²) in [7, 11) is 6.77. The van der Waals surface area contributed by atoms with Gasteiger partial charge in [-0.05, 0) is 19.8 Å². The summed E-state index contributed by atoms with van der Waals surface area (Å²) in [5.74, 6) is -1.19. The fraction of sp³-hybridized carbons (Fsp3) is 0.917. The van der Waals surface area contributed by atoms with Gasteiger partial charge in [0.15, 0.2) is 0 Å². The van der Waals surface area contributed by atoms with Crippen LogP contribution in [0.2, 0.25) is 0 Å². The van der Waals surface area contributed by atoms with Crippen LogP contribution in [0.1, 0.15) is 39.5 Å². The molecular weight excluding hydrogens is 206 g/mol. The lowest BCUT2D eigenvalue weighted by Crippen LogP contribution is -2.35. The van der Waals surface area contributed by atoms with Crippen molar-refractivity contribution in [3.05, 3.63) is 0 Å². The van der Waals surface area contributed by atoms with Crippen molar-refractivity contribution >= 4 is 5.97 Å². The van der Waals surface area contributed by atoms with Gasteiger partial charge in [0.25, 0.3) is 0 Å². The molecule has 0 heterocycles. The molecule has 0 amide bonds. The number of carboxylic acid groups (broad SMARTS) is 1. The van der Waals surface area contributed by atoms with Crippen molar-refractivity contribution in [2.45, 2.75) is 45.6 Å². The predicted octanol–water partition coefficient (Wildman–Crippen LogP) is 1.72. The summed E-state index contributed by atoms with van der Waals surface area (Å²) < 4.78 is 1.11. The Hall–Kier alpha value is -0.610. The van der Waals surface area contributed by atoms with Gasteiger partial charge in [-0.15, -0.1) is 0 Å². The van der Waals surface area contributed by atoms with E-state index in [2.05, 4.69) is 28.1 Å². The Kier molecular flexibility index (Phi) is 10.7. The number of aliphatic hydroxyl groups is 1. The van der Waals surface area contributed by atoms with E-state index in [1.165, 1.54) is 39.2 Å². The lowest BCUT2D eigenvalue weighted by Gasteiger charge is -2.23. The smallest absolute Gasteiger partial charge is 0.332 e. The highest BCUT2D eigenvalue weighted by molar-refractivity contribution is 5.71. The van der Waals surface area contributed by atoms with Gasteiger partial charge >= 0.3 is 5.97 Å². The number of hydrogen-bond donors (Lipinski definition) is 2. The van der Waals surface area contributed by atoms with E-state index in [9.17, 15) is 4.79 Å². The molecule has 1 atom stereocenters. The minimum atomic E-state index is -1.23. The Balaban J connectivity index is 0. The largest absolute Gasteiger partial charge is 0.479 e. The van der Waals surface area contributed by atoms with Crippen molar-refractivity contribution in [3.8, 4) is 0 Å². The molecule has 0 aromatic carbocycles. The van der Waals surface area contributed by atoms with Crippen molar-refractivity contribution in [2.75, 3.05) is 27.7 Å². The van der Waals surface area contributed by atoms with Crippen LogP contribution in [-0.4, -0.2) is 54.5 Å². The van der Waals surface area contributed by atoms with Gasteiger partial charge in [0.2, 0.25) is 0 Å². The van der Waals surface area contributed by atoms with Gasteiger partial charge in [0.1, 0.15) is 6.10 Å². The molecule has 16 heavy (non-hydrogen) atoms. The zero-order chi connectivity index (χ0) is 13.2. The lowest BCUT2D eigenvalue weighted by molar-refractivity contribution is -0.870. The number of carboxylic acids is 1. The Morgan fingerprint density at radius 1 is 1.19 bits per heavy atom. The zero-order valence-electron chi connectivity index (χ0n) is 11.4. The first-order valence-electron chi connectivity index (χ1n) is 5.92. The quantitative estimate of drug-likeness (QED) is 0.543. The highest BCUT2D eigenvalue weighted by Crippen LogP contribution is 2.01. The Morgan fingerprint density at radius 2 is 1.62 bits per heavy atom. The fourth-order valence-corrected chi connectivity index (χ4v) is 1.01. The molecule has 4 nitrogen and oxygen atoms in total. The van der Waals surface area contributed by atoms with E-state index in [-0.39, 0.29) is 0 Å². The highest BCUT2D eigenvalue weighted by atomic mass is 16.4. The van der Waals surface area contributed by atoms with Crippen LogP contribution in [0.15, 0.2) is 0 Å². The number of quaternary nitrogens is 1. The second-order valence-corrected chi connectivity index (χ2v) is 5.09. The third-order valence-corrected chi connectivity index (χ3v) is 2.04. The summed E-state index contributed by atoms with van der Waals surface area (Å²) in [5, 5.41) is 15.8. The van der Waals surface area contributed by atoms with Crippen LogP contribution in [-0.2, 0) is 4.79 Å². The van der Waals surface area contributed by atoms with Crippen LogP contribution in [0.25, 0.3) is 0 Å². The van der Waals surface area contributed by atoms with Crippen LogP contribution in [0.5, 0.6) is 0 Å². The Morgan fingerprint density at radius 3 is 1.88 bits per heavy atom. The van der Waals surface area contributed by atoms with Crippen molar-refractivity contribution in [1.29, 1.82) is 0 Å². The number of nitrogens with zero attached hydrogens (tertiary/aromatic N) is 1. The lowest BCUT2D eigenvalue weighted by atomic mass is 10.2. The van der Waals surface area contributed by atoms with Crippen LogP contribution in [0, 0.1) is 0 Å². The van der Waals surface area contributed by atoms with E-state index in [4.69, 9.17) is 10.2 Å². The van der Waals surface area contributed by atoms with E-state index < -0.39 is 12.1 Å². The van der Waals surface area contributed by atoms with Gasteiger partial charge in [-0.3, -0.25) is 0 Å². The molecule has 0 aliphatic carbocycles. The molecule has 0 radical (unpaired) electrons. The average Bonchev–Trinajstić information content (AvgIpc) is 2.12. The molecule has 0 aromatic heterocycles. The van der Waals surface area contributed by atoms with E-state index in [0.29, 0.717) is 0 Å². The monoisotopic (exact) mass is 234 g/mol. The number of unbranched alkanes of at least 4 members (excludes halogenated alkanes) is 3. The fourth-order valence-electron chi connectivity index (χ4n) is 1.01. The first kappa shape index (κ1) is 17.8. The maximum Gasteiger partial charge on any atom is 0.332 e. The number of hydrogen-bond acceptors (Lipinski definition) is 2. The predicted molar refractivity (Wildman–Crippen MR) is 66.4 cm³/mol. The van der Waals surface area contributed by atoms with Gasteiger partial charge in [-0.2, -0.15) is 0 Å². The van der Waals surface area contributed by atoms with Crippen molar-refractivity contribution in [1.82, 2.24) is 0 Å². The minimum Gasteiger partial charge on any atom is -0.479 e. The maximum absolute atomic E-state index is 9.45. The summed E-state index contributed by atoms with van der Waals surface area (Å²) in [6, 6.07) is 0. The SMILES string of the molecule is CC(O)C(=O)O.CCCCCC[N+](C)(C)C. The molecule has 0 aliphatic heterocycles. The molecule has 0 saturated heterocycles. The van der Waals surface area contributed by atoms with E-state index in [0.717, 1.165) is 4.48 Å². The minimum absolute atomic E-state index is 1.11. The molecule has 0 rings (SSSR count). The number of rotatable bonds is 6. The van der Waals surface area contributed by atoms with Gasteiger partial charge in [0.05, 0.1) is 27.7 Å². The molecule has 98 valence electrons. The molecule has 0 aromatic rings. The molecule has 1 unspecified atom stereocenters. The second kappa shape index (κ2) is 9.60. The zero-order valence-corrected chi connectivity index (χ0v) is 11.4. The standard InChI is InChI=1S/C9H22N.C3H6O3/c1-5-6-7-8-9-10(2,3)4;1-2(4)3(5)6/h5-9H2,1-4H3;2,4H,1H3,(H,5,6)/q+1;. The van der Waals surface area contributed by atoms with Crippen LogP contribution in [0.4, 0.5) is 0 Å². The Labute approximate surface area is 99.5 Å². The number of carbonyl (C=O) groups is 1.